The van der Waals surface area contributed by atoms with E-state index in [0.717, 1.165) is 6.07 Å². The van der Waals surface area contributed by atoms with E-state index in [0.29, 0.717) is 29.2 Å². The molecule has 0 aliphatic carbocycles. The van der Waals surface area contributed by atoms with E-state index in [2.05, 4.69) is 10.5 Å². The third-order valence-electron chi connectivity index (χ3n) is 3.85. The molecule has 1 aliphatic heterocycles. The van der Waals surface area contributed by atoms with Gasteiger partial charge in [0.1, 0.15) is 5.69 Å². The van der Waals surface area contributed by atoms with Gasteiger partial charge in [-0.1, -0.05) is 12.7 Å². The maximum absolute atomic E-state index is 12.3. The minimum Gasteiger partial charge on any atom is -0.872 e. The molecule has 144 valence electrons. The van der Waals surface area contributed by atoms with Crippen LogP contribution in [0.2, 0.25) is 0 Å². The molecular weight excluding hydrogens is 360 g/mol. The van der Waals surface area contributed by atoms with Gasteiger partial charge >= 0.3 is 0 Å². The number of fused-ring (bicyclic) bond motifs is 1. The molecule has 1 heterocycles. The largest absolute Gasteiger partial charge is 0.872 e. The van der Waals surface area contributed by atoms with Crippen LogP contribution in [0, 0.1) is 5.21 Å². The summed E-state index contributed by atoms with van der Waals surface area (Å²) in [6, 6.07) is 6.42. The van der Waals surface area contributed by atoms with Crippen LogP contribution in [0.15, 0.2) is 35.4 Å². The lowest BCUT2D eigenvalue weighted by atomic mass is 10.1. The predicted molar refractivity (Wildman–Crippen MR) is 92.6 cm³/mol. The zero-order valence-corrected chi connectivity index (χ0v) is 14.1. The molecule has 0 saturated carbocycles. The number of hydrazone groups is 1. The quantitative estimate of drug-likeness (QED) is 0.434. The molecule has 2 aromatic rings. The zero-order chi connectivity index (χ0) is 19.6. The van der Waals surface area contributed by atoms with Gasteiger partial charge < -0.3 is 25.0 Å². The summed E-state index contributed by atoms with van der Waals surface area (Å²) >= 11 is 0. The summed E-state index contributed by atoms with van der Waals surface area (Å²) in [4.78, 5) is 0. The van der Waals surface area contributed by atoms with Crippen LogP contribution < -0.4 is 30.5 Å². The molecule has 1 aliphatic rings. The molecule has 0 spiro atoms. The Kier molecular flexibility index (Phi) is 5.19. The van der Waals surface area contributed by atoms with Gasteiger partial charge in [-0.2, -0.15) is 5.10 Å². The second-order valence-corrected chi connectivity index (χ2v) is 5.49. The van der Waals surface area contributed by atoms with Gasteiger partial charge in [0.25, 0.3) is 0 Å². The van der Waals surface area contributed by atoms with Crippen LogP contribution in [-0.4, -0.2) is 28.1 Å². The molecule has 0 amide bonds. The Hall–Kier alpha value is -3.25. The molecule has 0 fully saturated rings. The van der Waals surface area contributed by atoms with Gasteiger partial charge in [0.05, 0.1) is 17.1 Å². The fourth-order valence-electron chi connectivity index (χ4n) is 2.51. The van der Waals surface area contributed by atoms with Crippen molar-refractivity contribution in [3.05, 3.63) is 41.1 Å². The van der Waals surface area contributed by atoms with Crippen LogP contribution in [0.5, 0.6) is 17.2 Å². The summed E-state index contributed by atoms with van der Waals surface area (Å²) in [5.74, 6) is 0.504. The Morgan fingerprint density at radius 3 is 2.52 bits per heavy atom. The van der Waals surface area contributed by atoms with E-state index >= 15 is 0 Å². The fraction of sp³-hybridized carbons (Fsp3) is 0.188. The van der Waals surface area contributed by atoms with Gasteiger partial charge in [0.2, 0.25) is 6.79 Å². The average molecular weight is 376 g/mol. The lowest BCUT2D eigenvalue weighted by Gasteiger charge is -2.23. The van der Waals surface area contributed by atoms with E-state index in [4.69, 9.17) is 14.7 Å². The highest BCUT2D eigenvalue weighted by Crippen LogP contribution is 2.37. The van der Waals surface area contributed by atoms with Crippen molar-refractivity contribution >= 4 is 22.8 Å². The summed E-state index contributed by atoms with van der Waals surface area (Å²) in [5, 5.41) is 54.3. The van der Waals surface area contributed by atoms with Crippen molar-refractivity contribution in [3.8, 4) is 17.2 Å². The lowest BCUT2D eigenvalue weighted by Crippen LogP contribution is -2.15. The molecule has 4 N–H and O–H groups in total. The van der Waals surface area contributed by atoms with Crippen LogP contribution in [0.4, 0.5) is 17.1 Å². The van der Waals surface area contributed by atoms with Crippen molar-refractivity contribution < 1.29 is 30.2 Å². The first-order chi connectivity index (χ1) is 12.9. The first-order valence-corrected chi connectivity index (χ1v) is 7.82. The smallest absolute Gasteiger partial charge is 0.231 e. The molecule has 0 saturated heterocycles. The molecule has 0 bridgehead atoms. The molecule has 0 unspecified atom stereocenters. The summed E-state index contributed by atoms with van der Waals surface area (Å²) in [6.07, 6.45) is 0.391. The Morgan fingerprint density at radius 2 is 1.89 bits per heavy atom. The van der Waals surface area contributed by atoms with E-state index < -0.39 is 5.23 Å². The van der Waals surface area contributed by atoms with Gasteiger partial charge in [-0.15, -0.1) is 5.23 Å². The van der Waals surface area contributed by atoms with Crippen molar-refractivity contribution in [1.29, 1.82) is 0 Å². The van der Waals surface area contributed by atoms with E-state index in [-0.39, 0.29) is 34.8 Å². The summed E-state index contributed by atoms with van der Waals surface area (Å²) in [5.41, 5.74) is 2.97. The molecule has 0 radical (unpaired) electrons. The zero-order valence-electron chi connectivity index (χ0n) is 14.1. The number of benzene rings is 2. The minimum absolute atomic E-state index is 0.0369. The average Bonchev–Trinajstić information content (AvgIpc) is 3.09. The van der Waals surface area contributed by atoms with Crippen LogP contribution in [0.1, 0.15) is 18.9 Å². The standard InChI is InChI=1S/C16H17N4O7/c1-2-11(10-6-15-16(7-14(10)21)27-8-26-15)17-18-12-4-3-9(19(22)23)5-13(12)20(24)25/h3-7,18,21-22,24-25H,2,8H2,1H3/q-1/p-1. The number of hydrogen-bond donors (Lipinski definition) is 4. The second kappa shape index (κ2) is 7.55. The molecule has 27 heavy (non-hydrogen) atoms. The normalized spacial score (nSPS) is 12.9. The van der Waals surface area contributed by atoms with Crippen molar-refractivity contribution in [2.24, 2.45) is 5.10 Å². The summed E-state index contributed by atoms with van der Waals surface area (Å²) < 4.78 is 10.4. The van der Waals surface area contributed by atoms with Crippen molar-refractivity contribution in [2.45, 2.75) is 13.3 Å². The van der Waals surface area contributed by atoms with Gasteiger partial charge in [0, 0.05) is 0 Å². The van der Waals surface area contributed by atoms with E-state index in [9.17, 15) is 20.7 Å². The van der Waals surface area contributed by atoms with Gasteiger partial charge in [-0.05, 0) is 42.3 Å². The molecule has 3 rings (SSSR count). The Bertz CT molecular complexity index is 870. The third kappa shape index (κ3) is 3.80. The number of anilines is 3. The van der Waals surface area contributed by atoms with Gasteiger partial charge in [-0.3, -0.25) is 21.0 Å². The van der Waals surface area contributed by atoms with Crippen LogP contribution >= 0.6 is 0 Å². The maximum Gasteiger partial charge on any atom is 0.231 e. The first kappa shape index (κ1) is 18.5. The highest BCUT2D eigenvalue weighted by atomic mass is 16.8. The Labute approximate surface area is 153 Å². The maximum atomic E-state index is 12.3. The Balaban J connectivity index is 1.92. The highest BCUT2D eigenvalue weighted by Gasteiger charge is 2.16. The summed E-state index contributed by atoms with van der Waals surface area (Å²) in [7, 11) is 0. The van der Waals surface area contributed by atoms with E-state index in [1.165, 1.54) is 24.3 Å². The molecule has 11 nitrogen and oxygen atoms in total. The first-order valence-electron chi connectivity index (χ1n) is 7.82. The van der Waals surface area contributed by atoms with Crippen molar-refractivity contribution in [2.75, 3.05) is 22.7 Å². The third-order valence-corrected chi connectivity index (χ3v) is 3.85. The fourth-order valence-corrected chi connectivity index (χ4v) is 2.51. The van der Waals surface area contributed by atoms with Gasteiger partial charge in [0.15, 0.2) is 11.5 Å². The number of hydrogen-bond acceptors (Lipinski definition) is 11. The minimum atomic E-state index is -0.423. The van der Waals surface area contributed by atoms with Crippen molar-refractivity contribution in [3.63, 3.8) is 0 Å². The van der Waals surface area contributed by atoms with Crippen LogP contribution in [0.25, 0.3) is 0 Å². The summed E-state index contributed by atoms with van der Waals surface area (Å²) in [6.45, 7) is 1.83. The van der Waals surface area contributed by atoms with Crippen LogP contribution in [0.3, 0.4) is 0 Å². The number of nitrogens with zero attached hydrogens (tertiary/aromatic N) is 3. The topological polar surface area (TPSA) is 156 Å². The number of nitrogens with one attached hydrogen (secondary N) is 1. The van der Waals surface area contributed by atoms with Gasteiger partial charge in [-0.25, -0.2) is 0 Å². The van der Waals surface area contributed by atoms with E-state index in [1.807, 2.05) is 0 Å². The van der Waals surface area contributed by atoms with Crippen molar-refractivity contribution in [1.82, 2.24) is 0 Å². The molecule has 0 aromatic heterocycles. The second-order valence-electron chi connectivity index (χ2n) is 5.49. The monoisotopic (exact) mass is 376 g/mol. The molecular formula is C16H16N4O7-2. The molecule has 0 atom stereocenters. The molecule has 2 aromatic carbocycles. The predicted octanol–water partition coefficient (Wildman–Crippen LogP) is 1.99. The molecule has 11 heteroatoms. The van der Waals surface area contributed by atoms with Crippen LogP contribution in [-0.2, 0) is 0 Å². The number of rotatable bonds is 6. The SMILES string of the molecule is CCC(=NNc1ccc(N([O-])O)cc1N(O)O)c1cc2c(cc1[O-])OCO2. The lowest BCUT2D eigenvalue weighted by molar-refractivity contribution is -0.268. The van der Waals surface area contributed by atoms with E-state index in [1.54, 1.807) is 6.92 Å². The number of ether oxygens (including phenoxy) is 2. The highest BCUT2D eigenvalue weighted by molar-refractivity contribution is 6.03. The Morgan fingerprint density at radius 1 is 1.19 bits per heavy atom.